The van der Waals surface area contributed by atoms with Crippen molar-refractivity contribution >= 4 is 17.1 Å². The molecule has 2 aromatic rings. The molecule has 1 aromatic heterocycles. The highest BCUT2D eigenvalue weighted by molar-refractivity contribution is 5.79. The molecule has 82 valence electrons. The molecule has 4 nitrogen and oxygen atoms in total. The SMILES string of the molecule is O=C(O)NC1Cc2cc3ccoc3cc2C1. The topological polar surface area (TPSA) is 62.5 Å². The second kappa shape index (κ2) is 3.27. The largest absolute Gasteiger partial charge is 0.465 e. The molecule has 0 spiro atoms. The van der Waals surface area contributed by atoms with Gasteiger partial charge in [-0.15, -0.1) is 0 Å². The molecule has 4 heteroatoms. The summed E-state index contributed by atoms with van der Waals surface area (Å²) in [5.41, 5.74) is 3.27. The molecule has 0 aliphatic heterocycles. The third-order valence-electron chi connectivity index (χ3n) is 3.03. The van der Waals surface area contributed by atoms with Crippen molar-refractivity contribution in [3.05, 3.63) is 35.6 Å². The van der Waals surface area contributed by atoms with Gasteiger partial charge in [0.1, 0.15) is 5.58 Å². The van der Waals surface area contributed by atoms with Crippen molar-refractivity contribution in [3.63, 3.8) is 0 Å². The van der Waals surface area contributed by atoms with Crippen LogP contribution in [-0.4, -0.2) is 17.2 Å². The molecule has 1 aliphatic carbocycles. The van der Waals surface area contributed by atoms with E-state index in [0.717, 1.165) is 23.8 Å². The first-order valence-corrected chi connectivity index (χ1v) is 5.21. The normalized spacial score (nSPS) is 18.6. The van der Waals surface area contributed by atoms with Crippen LogP contribution in [0.3, 0.4) is 0 Å². The molecule has 1 amide bonds. The second-order valence-corrected chi connectivity index (χ2v) is 4.13. The first-order chi connectivity index (χ1) is 7.72. The Morgan fingerprint density at radius 3 is 2.88 bits per heavy atom. The van der Waals surface area contributed by atoms with Crippen molar-refractivity contribution in [2.75, 3.05) is 0 Å². The van der Waals surface area contributed by atoms with Gasteiger partial charge in [-0.25, -0.2) is 4.79 Å². The van der Waals surface area contributed by atoms with E-state index in [2.05, 4.69) is 11.4 Å². The average Bonchev–Trinajstić information content (AvgIpc) is 2.76. The minimum atomic E-state index is -0.957. The van der Waals surface area contributed by atoms with Crippen molar-refractivity contribution in [1.82, 2.24) is 5.32 Å². The predicted octanol–water partition coefficient (Wildman–Crippen LogP) is 2.17. The number of benzene rings is 1. The van der Waals surface area contributed by atoms with E-state index in [0.29, 0.717) is 0 Å². The lowest BCUT2D eigenvalue weighted by Crippen LogP contribution is -2.33. The molecular formula is C12H11NO3. The highest BCUT2D eigenvalue weighted by atomic mass is 16.4. The fourth-order valence-corrected chi connectivity index (χ4v) is 2.36. The van der Waals surface area contributed by atoms with Gasteiger partial charge in [0.05, 0.1) is 6.26 Å². The summed E-state index contributed by atoms with van der Waals surface area (Å²) in [4.78, 5) is 10.6. The maximum atomic E-state index is 10.6. The van der Waals surface area contributed by atoms with Crippen LogP contribution in [0.2, 0.25) is 0 Å². The zero-order valence-electron chi connectivity index (χ0n) is 8.56. The molecule has 0 radical (unpaired) electrons. The van der Waals surface area contributed by atoms with Gasteiger partial charge in [0.15, 0.2) is 0 Å². The molecule has 1 aromatic carbocycles. The van der Waals surface area contributed by atoms with Crippen LogP contribution < -0.4 is 5.32 Å². The number of carboxylic acid groups (broad SMARTS) is 1. The first kappa shape index (κ1) is 9.27. The summed E-state index contributed by atoms with van der Waals surface area (Å²) >= 11 is 0. The summed E-state index contributed by atoms with van der Waals surface area (Å²) in [6.45, 7) is 0. The summed E-state index contributed by atoms with van der Waals surface area (Å²) in [6.07, 6.45) is 2.23. The Morgan fingerprint density at radius 2 is 2.12 bits per heavy atom. The lowest BCUT2D eigenvalue weighted by molar-refractivity contribution is 0.190. The number of nitrogens with one attached hydrogen (secondary N) is 1. The van der Waals surface area contributed by atoms with E-state index in [1.807, 2.05) is 12.1 Å². The zero-order chi connectivity index (χ0) is 11.1. The molecule has 1 aliphatic rings. The number of amides is 1. The van der Waals surface area contributed by atoms with Gasteiger partial charge in [-0.05, 0) is 42.2 Å². The van der Waals surface area contributed by atoms with E-state index in [1.54, 1.807) is 6.26 Å². The highest BCUT2D eigenvalue weighted by Crippen LogP contribution is 2.28. The predicted molar refractivity (Wildman–Crippen MR) is 58.6 cm³/mol. The third kappa shape index (κ3) is 1.43. The zero-order valence-corrected chi connectivity index (χ0v) is 8.56. The Kier molecular flexibility index (Phi) is 1.89. The molecule has 0 saturated heterocycles. The molecular weight excluding hydrogens is 206 g/mol. The van der Waals surface area contributed by atoms with Crippen molar-refractivity contribution in [2.24, 2.45) is 0 Å². The minimum absolute atomic E-state index is 0.000920. The quantitative estimate of drug-likeness (QED) is 0.769. The van der Waals surface area contributed by atoms with E-state index in [9.17, 15) is 4.79 Å². The standard InChI is InChI=1S/C12H11NO3/c14-12(15)13-10-4-8-3-7-1-2-16-11(7)6-9(8)5-10/h1-3,6,10,13H,4-5H2,(H,14,15). The number of rotatable bonds is 1. The van der Waals surface area contributed by atoms with Crippen LogP contribution >= 0.6 is 0 Å². The summed E-state index contributed by atoms with van der Waals surface area (Å²) in [6, 6.07) is 6.01. The number of hydrogen-bond acceptors (Lipinski definition) is 2. The molecule has 1 heterocycles. The van der Waals surface area contributed by atoms with Gasteiger partial charge in [0.25, 0.3) is 0 Å². The number of carbonyl (C=O) groups is 1. The summed E-state index contributed by atoms with van der Waals surface area (Å²) in [5.74, 6) is 0. The Hall–Kier alpha value is -1.97. The minimum Gasteiger partial charge on any atom is -0.465 e. The summed E-state index contributed by atoms with van der Waals surface area (Å²) < 4.78 is 5.32. The smallest absolute Gasteiger partial charge is 0.404 e. The van der Waals surface area contributed by atoms with E-state index in [4.69, 9.17) is 9.52 Å². The monoisotopic (exact) mass is 217 g/mol. The molecule has 3 rings (SSSR count). The maximum absolute atomic E-state index is 10.6. The maximum Gasteiger partial charge on any atom is 0.404 e. The Bertz CT molecular complexity index is 518. The van der Waals surface area contributed by atoms with Gasteiger partial charge in [-0.3, -0.25) is 0 Å². The van der Waals surface area contributed by atoms with E-state index in [1.165, 1.54) is 11.1 Å². The number of furan rings is 1. The molecule has 16 heavy (non-hydrogen) atoms. The van der Waals surface area contributed by atoms with Gasteiger partial charge in [-0.2, -0.15) is 0 Å². The van der Waals surface area contributed by atoms with E-state index >= 15 is 0 Å². The van der Waals surface area contributed by atoms with Crippen LogP contribution in [-0.2, 0) is 12.8 Å². The fraction of sp³-hybridized carbons (Fsp3) is 0.250. The lowest BCUT2D eigenvalue weighted by atomic mass is 10.1. The van der Waals surface area contributed by atoms with E-state index in [-0.39, 0.29) is 6.04 Å². The van der Waals surface area contributed by atoms with Crippen LogP contribution in [0.25, 0.3) is 11.0 Å². The second-order valence-electron chi connectivity index (χ2n) is 4.13. The van der Waals surface area contributed by atoms with Gasteiger partial charge in [-0.1, -0.05) is 0 Å². The van der Waals surface area contributed by atoms with Gasteiger partial charge >= 0.3 is 6.09 Å². The molecule has 1 atom stereocenters. The van der Waals surface area contributed by atoms with Gasteiger partial charge < -0.3 is 14.8 Å². The van der Waals surface area contributed by atoms with Gasteiger partial charge in [0, 0.05) is 11.4 Å². The van der Waals surface area contributed by atoms with E-state index < -0.39 is 6.09 Å². The fourth-order valence-electron chi connectivity index (χ4n) is 2.36. The molecule has 0 saturated carbocycles. The molecule has 2 N–H and O–H groups in total. The lowest BCUT2D eigenvalue weighted by Gasteiger charge is -2.07. The third-order valence-corrected chi connectivity index (χ3v) is 3.03. The Morgan fingerprint density at radius 1 is 1.38 bits per heavy atom. The molecule has 0 fully saturated rings. The Balaban J connectivity index is 1.94. The van der Waals surface area contributed by atoms with Crippen LogP contribution in [0, 0.1) is 0 Å². The number of hydrogen-bond donors (Lipinski definition) is 2. The summed E-state index contributed by atoms with van der Waals surface area (Å²) in [7, 11) is 0. The average molecular weight is 217 g/mol. The Labute approximate surface area is 91.9 Å². The van der Waals surface area contributed by atoms with Crippen molar-refractivity contribution in [3.8, 4) is 0 Å². The molecule has 1 unspecified atom stereocenters. The van der Waals surface area contributed by atoms with Crippen molar-refractivity contribution < 1.29 is 14.3 Å². The van der Waals surface area contributed by atoms with Crippen LogP contribution in [0.4, 0.5) is 4.79 Å². The molecule has 0 bridgehead atoms. The highest BCUT2D eigenvalue weighted by Gasteiger charge is 2.23. The summed E-state index contributed by atoms with van der Waals surface area (Å²) in [5, 5.41) is 12.3. The van der Waals surface area contributed by atoms with Crippen molar-refractivity contribution in [1.29, 1.82) is 0 Å². The van der Waals surface area contributed by atoms with Crippen LogP contribution in [0.5, 0.6) is 0 Å². The first-order valence-electron chi connectivity index (χ1n) is 5.21. The van der Waals surface area contributed by atoms with Crippen LogP contribution in [0.1, 0.15) is 11.1 Å². The number of fused-ring (bicyclic) bond motifs is 2. The van der Waals surface area contributed by atoms with Crippen LogP contribution in [0.15, 0.2) is 28.9 Å². The van der Waals surface area contributed by atoms with Gasteiger partial charge in [0.2, 0.25) is 0 Å². The van der Waals surface area contributed by atoms with Crippen molar-refractivity contribution in [2.45, 2.75) is 18.9 Å².